The van der Waals surface area contributed by atoms with Crippen LogP contribution < -0.4 is 5.32 Å². The molecule has 0 aliphatic heterocycles. The van der Waals surface area contributed by atoms with Gasteiger partial charge in [0.15, 0.2) is 6.10 Å². The summed E-state index contributed by atoms with van der Waals surface area (Å²) >= 11 is 0. The summed E-state index contributed by atoms with van der Waals surface area (Å²) in [6, 6.07) is 9.41. The number of hydrogen-bond donors (Lipinski definition) is 2. The predicted octanol–water partition coefficient (Wildman–Crippen LogP) is 2.28. The molecule has 1 heterocycles. The highest BCUT2D eigenvalue weighted by molar-refractivity contribution is 5.99. The summed E-state index contributed by atoms with van der Waals surface area (Å²) in [6.45, 7) is 5.11. The Morgan fingerprint density at radius 3 is 2.38 bits per heavy atom. The Kier molecular flexibility index (Phi) is 6.16. The van der Waals surface area contributed by atoms with Crippen molar-refractivity contribution < 1.29 is 23.9 Å². The Hall–Kier alpha value is -3.09. The van der Waals surface area contributed by atoms with E-state index in [1.165, 1.54) is 14.0 Å². The topological polar surface area (TPSA) is 97.5 Å². The van der Waals surface area contributed by atoms with Crippen molar-refractivity contribution in [1.29, 1.82) is 0 Å². The maximum absolute atomic E-state index is 12.3. The molecule has 0 saturated heterocycles. The van der Waals surface area contributed by atoms with E-state index in [4.69, 9.17) is 9.47 Å². The second-order valence-electron chi connectivity index (χ2n) is 5.87. The van der Waals surface area contributed by atoms with E-state index in [2.05, 4.69) is 10.3 Å². The number of rotatable bonds is 6. The lowest BCUT2D eigenvalue weighted by molar-refractivity contribution is -0.129. The first kappa shape index (κ1) is 19.2. The summed E-state index contributed by atoms with van der Waals surface area (Å²) in [5.74, 6) is -1.65. The average Bonchev–Trinajstić information content (AvgIpc) is 2.94. The smallest absolute Gasteiger partial charge is 0.355 e. The number of amides is 1. The van der Waals surface area contributed by atoms with Crippen LogP contribution >= 0.6 is 0 Å². The number of aryl methyl sites for hydroxylation is 1. The molecule has 2 N–H and O–H groups in total. The van der Waals surface area contributed by atoms with Gasteiger partial charge in [-0.2, -0.15) is 0 Å². The summed E-state index contributed by atoms with van der Waals surface area (Å²) in [7, 11) is 1.27. The SMILES string of the molecule is COC(=O)c1c(C)[nH]c(C(=O)OC(C)C(=O)NCc2ccccc2)c1C. The Labute approximate surface area is 151 Å². The quantitative estimate of drug-likeness (QED) is 0.772. The molecule has 0 aliphatic rings. The molecule has 0 spiro atoms. The zero-order valence-corrected chi connectivity index (χ0v) is 15.2. The number of hydrogen-bond acceptors (Lipinski definition) is 5. The molecule has 138 valence electrons. The third kappa shape index (κ3) is 4.30. The average molecular weight is 358 g/mol. The fourth-order valence-electron chi connectivity index (χ4n) is 2.56. The van der Waals surface area contributed by atoms with Crippen molar-refractivity contribution in [3.63, 3.8) is 0 Å². The van der Waals surface area contributed by atoms with Crippen molar-refractivity contribution in [3.05, 3.63) is 58.4 Å². The Morgan fingerprint density at radius 2 is 1.77 bits per heavy atom. The second-order valence-corrected chi connectivity index (χ2v) is 5.87. The number of aromatic nitrogens is 1. The summed E-state index contributed by atoms with van der Waals surface area (Å²) < 4.78 is 9.92. The molecule has 7 nitrogen and oxygen atoms in total. The summed E-state index contributed by atoms with van der Waals surface area (Å²) in [5, 5.41) is 2.71. The number of esters is 2. The third-order valence-corrected chi connectivity index (χ3v) is 3.99. The number of aromatic amines is 1. The van der Waals surface area contributed by atoms with Gasteiger partial charge in [-0.05, 0) is 31.9 Å². The van der Waals surface area contributed by atoms with Gasteiger partial charge in [-0.1, -0.05) is 30.3 Å². The van der Waals surface area contributed by atoms with Crippen LogP contribution in [-0.2, 0) is 20.8 Å². The number of carbonyl (C=O) groups excluding carboxylic acids is 3. The molecular weight excluding hydrogens is 336 g/mol. The van der Waals surface area contributed by atoms with Gasteiger partial charge in [0, 0.05) is 12.2 Å². The lowest BCUT2D eigenvalue weighted by atomic mass is 10.1. The van der Waals surface area contributed by atoms with Gasteiger partial charge in [0.1, 0.15) is 5.69 Å². The molecule has 0 aliphatic carbocycles. The second kappa shape index (κ2) is 8.33. The highest BCUT2D eigenvalue weighted by Gasteiger charge is 2.26. The van der Waals surface area contributed by atoms with Crippen LogP contribution in [0.2, 0.25) is 0 Å². The summed E-state index contributed by atoms with van der Waals surface area (Å²) in [6.07, 6.45) is -0.976. The lowest BCUT2D eigenvalue weighted by Crippen LogP contribution is -2.35. The lowest BCUT2D eigenvalue weighted by Gasteiger charge is -2.13. The number of methoxy groups -OCH3 is 1. The maximum atomic E-state index is 12.3. The number of benzene rings is 1. The van der Waals surface area contributed by atoms with Crippen LogP contribution in [0.15, 0.2) is 30.3 Å². The zero-order valence-electron chi connectivity index (χ0n) is 15.2. The van der Waals surface area contributed by atoms with Gasteiger partial charge >= 0.3 is 11.9 Å². The van der Waals surface area contributed by atoms with E-state index in [0.717, 1.165) is 5.56 Å². The zero-order chi connectivity index (χ0) is 19.3. The van der Waals surface area contributed by atoms with Gasteiger partial charge < -0.3 is 19.8 Å². The third-order valence-electron chi connectivity index (χ3n) is 3.99. The normalized spacial score (nSPS) is 11.5. The van der Waals surface area contributed by atoms with Gasteiger partial charge in [0.25, 0.3) is 5.91 Å². The molecule has 1 unspecified atom stereocenters. The molecule has 0 fully saturated rings. The van der Waals surface area contributed by atoms with Crippen molar-refractivity contribution >= 4 is 17.8 Å². The standard InChI is InChI=1S/C19H22N2O5/c1-11-15(18(23)25-4)12(2)21-16(11)19(24)26-13(3)17(22)20-10-14-8-6-5-7-9-14/h5-9,13,21H,10H2,1-4H3,(H,20,22). The van der Waals surface area contributed by atoms with E-state index in [9.17, 15) is 14.4 Å². The van der Waals surface area contributed by atoms with Gasteiger partial charge in [-0.15, -0.1) is 0 Å². The van der Waals surface area contributed by atoms with Crippen molar-refractivity contribution in [1.82, 2.24) is 10.3 Å². The fourth-order valence-corrected chi connectivity index (χ4v) is 2.56. The van der Waals surface area contributed by atoms with Gasteiger partial charge in [-0.25, -0.2) is 9.59 Å². The number of carbonyl (C=O) groups is 3. The Balaban J connectivity index is 2.00. The molecule has 2 aromatic rings. The number of nitrogens with one attached hydrogen (secondary N) is 2. The van der Waals surface area contributed by atoms with Crippen molar-refractivity contribution in [2.24, 2.45) is 0 Å². The van der Waals surface area contributed by atoms with E-state index in [0.29, 0.717) is 23.4 Å². The molecule has 1 aromatic heterocycles. The minimum absolute atomic E-state index is 0.130. The van der Waals surface area contributed by atoms with Crippen LogP contribution in [0.4, 0.5) is 0 Å². The molecule has 7 heteroatoms. The Bertz CT molecular complexity index is 811. The molecule has 0 bridgehead atoms. The monoisotopic (exact) mass is 358 g/mol. The van der Waals surface area contributed by atoms with E-state index in [-0.39, 0.29) is 5.69 Å². The van der Waals surface area contributed by atoms with Gasteiger partial charge in [-0.3, -0.25) is 4.79 Å². The number of ether oxygens (including phenoxy) is 2. The molecule has 2 rings (SSSR count). The molecular formula is C19H22N2O5. The van der Waals surface area contributed by atoms with Gasteiger partial charge in [0.2, 0.25) is 0 Å². The van der Waals surface area contributed by atoms with Crippen LogP contribution in [0.5, 0.6) is 0 Å². The van der Waals surface area contributed by atoms with Crippen molar-refractivity contribution in [3.8, 4) is 0 Å². The van der Waals surface area contributed by atoms with Crippen LogP contribution in [0.1, 0.15) is 44.6 Å². The van der Waals surface area contributed by atoms with Crippen molar-refractivity contribution in [2.45, 2.75) is 33.4 Å². The maximum Gasteiger partial charge on any atom is 0.355 e. The van der Waals surface area contributed by atoms with Crippen LogP contribution in [0.25, 0.3) is 0 Å². The molecule has 1 atom stereocenters. The minimum atomic E-state index is -0.976. The first-order valence-corrected chi connectivity index (χ1v) is 8.15. The van der Waals surface area contributed by atoms with Crippen LogP contribution in [-0.4, -0.2) is 36.0 Å². The first-order valence-electron chi connectivity index (χ1n) is 8.15. The van der Waals surface area contributed by atoms with E-state index in [1.54, 1.807) is 13.8 Å². The summed E-state index contributed by atoms with van der Waals surface area (Å²) in [5.41, 5.74) is 2.29. The van der Waals surface area contributed by atoms with E-state index < -0.39 is 23.9 Å². The molecule has 26 heavy (non-hydrogen) atoms. The molecule has 1 aromatic carbocycles. The van der Waals surface area contributed by atoms with E-state index in [1.807, 2.05) is 30.3 Å². The molecule has 0 saturated carbocycles. The van der Waals surface area contributed by atoms with Crippen LogP contribution in [0.3, 0.4) is 0 Å². The highest BCUT2D eigenvalue weighted by Crippen LogP contribution is 2.20. The molecule has 1 amide bonds. The summed E-state index contributed by atoms with van der Waals surface area (Å²) in [4.78, 5) is 39.1. The first-order chi connectivity index (χ1) is 12.3. The largest absolute Gasteiger partial charge is 0.465 e. The molecule has 0 radical (unpaired) electrons. The van der Waals surface area contributed by atoms with Crippen molar-refractivity contribution in [2.75, 3.05) is 7.11 Å². The number of H-pyrrole nitrogens is 1. The van der Waals surface area contributed by atoms with Gasteiger partial charge in [0.05, 0.1) is 12.7 Å². The minimum Gasteiger partial charge on any atom is -0.465 e. The van der Waals surface area contributed by atoms with E-state index >= 15 is 0 Å². The Morgan fingerprint density at radius 1 is 1.12 bits per heavy atom. The predicted molar refractivity (Wildman–Crippen MR) is 94.8 cm³/mol. The highest BCUT2D eigenvalue weighted by atomic mass is 16.5. The van der Waals surface area contributed by atoms with Crippen LogP contribution in [0, 0.1) is 13.8 Å². The fraction of sp³-hybridized carbons (Fsp3) is 0.316.